The number of amides is 1. The number of halogens is 3. The van der Waals surface area contributed by atoms with Crippen LogP contribution in [0.2, 0.25) is 10.0 Å². The van der Waals surface area contributed by atoms with Crippen LogP contribution in [0.5, 0.6) is 0 Å². The number of benzene rings is 2. The number of thiocarbonyl (C=S) groups is 1. The molecule has 0 aliphatic carbocycles. The van der Waals surface area contributed by atoms with E-state index in [4.69, 9.17) is 35.4 Å². The number of hydrogen-bond donors (Lipinski definition) is 2. The minimum absolute atomic E-state index is 0.0101. The SMILES string of the molecule is CN(C(=O)CNC(=S)Nc1ccc(F)cc1)c1ccc(Cl)c(Cl)c1. The second kappa shape index (κ2) is 8.28. The number of hydrogen-bond acceptors (Lipinski definition) is 2. The van der Waals surface area contributed by atoms with Crippen LogP contribution in [0.25, 0.3) is 0 Å². The van der Waals surface area contributed by atoms with Gasteiger partial charge in [0.25, 0.3) is 0 Å². The Morgan fingerprint density at radius 3 is 2.46 bits per heavy atom. The van der Waals surface area contributed by atoms with Crippen molar-refractivity contribution in [3.05, 3.63) is 58.3 Å². The average molecular weight is 386 g/mol. The summed E-state index contributed by atoms with van der Waals surface area (Å²) in [5.41, 5.74) is 1.24. The van der Waals surface area contributed by atoms with E-state index in [0.717, 1.165) is 0 Å². The third-order valence-corrected chi connectivity index (χ3v) is 4.15. The number of anilines is 2. The van der Waals surface area contributed by atoms with Crippen LogP contribution in [-0.4, -0.2) is 24.6 Å². The number of rotatable bonds is 4. The Balaban J connectivity index is 1.88. The molecule has 0 spiro atoms. The Kier molecular flexibility index (Phi) is 6.36. The molecule has 0 aliphatic heterocycles. The molecule has 2 aromatic carbocycles. The third kappa shape index (κ3) is 5.06. The van der Waals surface area contributed by atoms with E-state index in [-0.39, 0.29) is 23.4 Å². The van der Waals surface area contributed by atoms with Gasteiger partial charge >= 0.3 is 0 Å². The molecule has 0 saturated heterocycles. The van der Waals surface area contributed by atoms with Crippen molar-refractivity contribution in [1.29, 1.82) is 0 Å². The van der Waals surface area contributed by atoms with Crippen LogP contribution in [0.4, 0.5) is 15.8 Å². The highest BCUT2D eigenvalue weighted by Gasteiger charge is 2.12. The standard InChI is InChI=1S/C16H14Cl2FN3OS/c1-22(12-6-7-13(17)14(18)8-12)15(23)9-20-16(24)21-11-4-2-10(19)3-5-11/h2-8H,9H2,1H3,(H2,20,21,24). The summed E-state index contributed by atoms with van der Waals surface area (Å²) >= 11 is 16.9. The summed E-state index contributed by atoms with van der Waals surface area (Å²) in [7, 11) is 1.63. The quantitative estimate of drug-likeness (QED) is 0.778. The molecule has 0 unspecified atom stereocenters. The topological polar surface area (TPSA) is 44.4 Å². The van der Waals surface area contributed by atoms with Gasteiger partial charge in [0.1, 0.15) is 5.82 Å². The lowest BCUT2D eigenvalue weighted by Crippen LogP contribution is -2.39. The minimum atomic E-state index is -0.335. The zero-order chi connectivity index (χ0) is 17.7. The molecule has 0 radical (unpaired) electrons. The van der Waals surface area contributed by atoms with E-state index in [1.807, 2.05) is 0 Å². The van der Waals surface area contributed by atoms with E-state index < -0.39 is 0 Å². The molecule has 2 rings (SSSR count). The smallest absolute Gasteiger partial charge is 0.246 e. The lowest BCUT2D eigenvalue weighted by atomic mass is 10.3. The zero-order valence-corrected chi connectivity index (χ0v) is 15.0. The van der Waals surface area contributed by atoms with Crippen molar-refractivity contribution in [3.8, 4) is 0 Å². The number of carbonyl (C=O) groups excluding carboxylic acids is 1. The predicted molar refractivity (Wildman–Crippen MR) is 100 cm³/mol. The van der Waals surface area contributed by atoms with E-state index in [1.165, 1.54) is 17.0 Å². The number of likely N-dealkylation sites (N-methyl/N-ethyl adjacent to an activating group) is 1. The van der Waals surface area contributed by atoms with Gasteiger partial charge in [-0.1, -0.05) is 23.2 Å². The Labute approximate surface area is 154 Å². The van der Waals surface area contributed by atoms with Gasteiger partial charge in [0, 0.05) is 18.4 Å². The molecule has 0 heterocycles. The molecule has 0 bridgehead atoms. The van der Waals surface area contributed by atoms with Crippen molar-refractivity contribution in [2.45, 2.75) is 0 Å². The van der Waals surface area contributed by atoms with Crippen LogP contribution in [0.1, 0.15) is 0 Å². The van der Waals surface area contributed by atoms with E-state index in [2.05, 4.69) is 10.6 Å². The van der Waals surface area contributed by atoms with Gasteiger partial charge in [-0.15, -0.1) is 0 Å². The average Bonchev–Trinajstić information content (AvgIpc) is 2.56. The molecule has 24 heavy (non-hydrogen) atoms. The molecule has 0 aromatic heterocycles. The van der Waals surface area contributed by atoms with Gasteiger partial charge < -0.3 is 15.5 Å². The number of carbonyl (C=O) groups is 1. The van der Waals surface area contributed by atoms with Gasteiger partial charge in [0.2, 0.25) is 5.91 Å². The van der Waals surface area contributed by atoms with Gasteiger partial charge in [0.15, 0.2) is 5.11 Å². The third-order valence-electron chi connectivity index (χ3n) is 3.17. The molecule has 2 N–H and O–H groups in total. The first kappa shape index (κ1) is 18.4. The van der Waals surface area contributed by atoms with E-state index >= 15 is 0 Å². The maximum atomic E-state index is 12.8. The van der Waals surface area contributed by atoms with Gasteiger partial charge in [-0.3, -0.25) is 4.79 Å². The Morgan fingerprint density at radius 1 is 1.17 bits per heavy atom. The number of nitrogens with zero attached hydrogens (tertiary/aromatic N) is 1. The summed E-state index contributed by atoms with van der Waals surface area (Å²) in [5, 5.41) is 6.72. The molecule has 1 amide bonds. The maximum absolute atomic E-state index is 12.8. The van der Waals surface area contributed by atoms with Crippen molar-refractivity contribution in [1.82, 2.24) is 5.32 Å². The fourth-order valence-electron chi connectivity index (χ4n) is 1.82. The van der Waals surface area contributed by atoms with Gasteiger partial charge in [-0.2, -0.15) is 0 Å². The summed E-state index contributed by atoms with van der Waals surface area (Å²) in [6, 6.07) is 10.7. The second-order valence-electron chi connectivity index (χ2n) is 4.87. The Bertz CT molecular complexity index is 755. The van der Waals surface area contributed by atoms with Crippen LogP contribution >= 0.6 is 35.4 Å². The highest BCUT2D eigenvalue weighted by Crippen LogP contribution is 2.26. The summed E-state index contributed by atoms with van der Waals surface area (Å²) in [6.45, 7) is -0.0101. The van der Waals surface area contributed by atoms with Crippen molar-refractivity contribution in [2.75, 3.05) is 23.8 Å². The molecule has 8 heteroatoms. The van der Waals surface area contributed by atoms with E-state index in [9.17, 15) is 9.18 Å². The fourth-order valence-corrected chi connectivity index (χ4v) is 2.30. The molecule has 2 aromatic rings. The largest absolute Gasteiger partial charge is 0.353 e. The Hall–Kier alpha value is -1.89. The second-order valence-corrected chi connectivity index (χ2v) is 6.09. The molecule has 4 nitrogen and oxygen atoms in total. The normalized spacial score (nSPS) is 10.2. The molecule has 0 aliphatic rings. The highest BCUT2D eigenvalue weighted by molar-refractivity contribution is 7.80. The molecule has 126 valence electrons. The zero-order valence-electron chi connectivity index (χ0n) is 12.6. The van der Waals surface area contributed by atoms with Gasteiger partial charge in [-0.05, 0) is 54.7 Å². The summed E-state index contributed by atoms with van der Waals surface area (Å²) in [5.74, 6) is -0.547. The number of nitrogens with one attached hydrogen (secondary N) is 2. The molecule has 0 atom stereocenters. The van der Waals surface area contributed by atoms with E-state index in [0.29, 0.717) is 21.4 Å². The fraction of sp³-hybridized carbons (Fsp3) is 0.125. The molecule has 0 saturated carbocycles. The van der Waals surface area contributed by atoms with Crippen molar-refractivity contribution in [3.63, 3.8) is 0 Å². The summed E-state index contributed by atoms with van der Waals surface area (Å²) in [6.07, 6.45) is 0. The maximum Gasteiger partial charge on any atom is 0.246 e. The van der Waals surface area contributed by atoms with Crippen LogP contribution in [0.3, 0.4) is 0 Å². The summed E-state index contributed by atoms with van der Waals surface area (Å²) < 4.78 is 12.8. The first-order valence-corrected chi connectivity index (χ1v) is 8.05. The van der Waals surface area contributed by atoms with Gasteiger partial charge in [-0.25, -0.2) is 4.39 Å². The monoisotopic (exact) mass is 385 g/mol. The summed E-state index contributed by atoms with van der Waals surface area (Å²) in [4.78, 5) is 13.6. The lowest BCUT2D eigenvalue weighted by Gasteiger charge is -2.19. The van der Waals surface area contributed by atoms with E-state index in [1.54, 1.807) is 37.4 Å². The first-order valence-electron chi connectivity index (χ1n) is 6.89. The van der Waals surface area contributed by atoms with Crippen LogP contribution in [0.15, 0.2) is 42.5 Å². The lowest BCUT2D eigenvalue weighted by molar-refractivity contribution is -0.117. The van der Waals surface area contributed by atoms with Crippen molar-refractivity contribution < 1.29 is 9.18 Å². The van der Waals surface area contributed by atoms with Crippen LogP contribution < -0.4 is 15.5 Å². The van der Waals surface area contributed by atoms with Crippen molar-refractivity contribution in [2.24, 2.45) is 0 Å². The predicted octanol–water partition coefficient (Wildman–Crippen LogP) is 4.08. The Morgan fingerprint density at radius 2 is 1.83 bits per heavy atom. The van der Waals surface area contributed by atoms with Gasteiger partial charge in [0.05, 0.1) is 16.6 Å². The first-order chi connectivity index (χ1) is 11.4. The molecular formula is C16H14Cl2FN3OS. The molecule has 0 fully saturated rings. The van der Waals surface area contributed by atoms with Crippen LogP contribution in [-0.2, 0) is 4.79 Å². The van der Waals surface area contributed by atoms with Crippen LogP contribution in [0, 0.1) is 5.82 Å². The minimum Gasteiger partial charge on any atom is -0.353 e. The molecular weight excluding hydrogens is 372 g/mol. The highest BCUT2D eigenvalue weighted by atomic mass is 35.5. The van der Waals surface area contributed by atoms with Crippen molar-refractivity contribution >= 4 is 57.8 Å².